The van der Waals surface area contributed by atoms with E-state index >= 15 is 0 Å². The zero-order valence-electron chi connectivity index (χ0n) is 8.51. The first-order valence-corrected chi connectivity index (χ1v) is 4.73. The highest BCUT2D eigenvalue weighted by Crippen LogP contribution is 2.36. The zero-order chi connectivity index (χ0) is 11.9. The summed E-state index contributed by atoms with van der Waals surface area (Å²) >= 11 is 0. The van der Waals surface area contributed by atoms with Gasteiger partial charge in [0, 0.05) is 12.3 Å². The van der Waals surface area contributed by atoms with Gasteiger partial charge in [0.15, 0.2) is 11.9 Å². The summed E-state index contributed by atoms with van der Waals surface area (Å²) in [6, 6.07) is 1.09. The Hall–Kier alpha value is -1.47. The largest absolute Gasteiger partial charge is 0.387 e. The molecular weight excluding hydrogens is 219 g/mol. The maximum absolute atomic E-state index is 14.0. The van der Waals surface area contributed by atoms with Crippen LogP contribution in [0.15, 0.2) is 21.9 Å². The fourth-order valence-corrected chi connectivity index (χ4v) is 1.64. The van der Waals surface area contributed by atoms with Gasteiger partial charge in [0.1, 0.15) is 6.10 Å². The summed E-state index contributed by atoms with van der Waals surface area (Å²) in [5.41, 5.74) is -3.40. The maximum atomic E-state index is 14.0. The molecule has 1 saturated heterocycles. The Labute approximate surface area is 89.3 Å². The van der Waals surface area contributed by atoms with Crippen LogP contribution >= 0.6 is 0 Å². The van der Waals surface area contributed by atoms with E-state index in [4.69, 9.17) is 4.74 Å². The summed E-state index contributed by atoms with van der Waals surface area (Å²) in [6.07, 6.45) is -1.38. The molecule has 0 aromatic carbocycles. The summed E-state index contributed by atoms with van der Waals surface area (Å²) in [5, 5.41) is 9.35. The number of nitrogens with one attached hydrogen (secondary N) is 1. The van der Waals surface area contributed by atoms with Gasteiger partial charge in [-0.1, -0.05) is 0 Å². The Balaban J connectivity index is 2.46. The van der Waals surface area contributed by atoms with E-state index in [0.717, 1.165) is 23.8 Å². The lowest BCUT2D eigenvalue weighted by Gasteiger charge is -2.24. The molecule has 0 radical (unpaired) electrons. The molecule has 0 amide bonds. The number of aliphatic hydroxyl groups is 1. The SMILES string of the molecule is CC1(F)C(O)COC1n1ccc(=O)[nH]c1=O. The third-order valence-electron chi connectivity index (χ3n) is 2.65. The van der Waals surface area contributed by atoms with Crippen molar-refractivity contribution < 1.29 is 14.2 Å². The molecule has 0 saturated carbocycles. The number of aromatic amines is 1. The summed E-state index contributed by atoms with van der Waals surface area (Å²) in [4.78, 5) is 24.2. The number of H-pyrrole nitrogens is 1. The van der Waals surface area contributed by atoms with Crippen LogP contribution in [0.25, 0.3) is 0 Å². The molecule has 88 valence electrons. The minimum Gasteiger partial charge on any atom is -0.387 e. The number of hydrogen-bond donors (Lipinski definition) is 2. The van der Waals surface area contributed by atoms with Crippen LogP contribution in [-0.2, 0) is 4.74 Å². The molecule has 0 bridgehead atoms. The van der Waals surface area contributed by atoms with Crippen LogP contribution in [0.1, 0.15) is 13.2 Å². The van der Waals surface area contributed by atoms with Crippen molar-refractivity contribution in [1.29, 1.82) is 0 Å². The van der Waals surface area contributed by atoms with Crippen LogP contribution < -0.4 is 11.2 Å². The van der Waals surface area contributed by atoms with Gasteiger partial charge >= 0.3 is 5.69 Å². The number of hydrogen-bond acceptors (Lipinski definition) is 4. The molecule has 2 N–H and O–H groups in total. The Morgan fingerprint density at radius 2 is 2.38 bits per heavy atom. The first-order chi connectivity index (χ1) is 7.43. The Morgan fingerprint density at radius 1 is 1.69 bits per heavy atom. The monoisotopic (exact) mass is 230 g/mol. The normalized spacial score (nSPS) is 34.2. The van der Waals surface area contributed by atoms with Crippen molar-refractivity contribution in [2.45, 2.75) is 24.9 Å². The van der Waals surface area contributed by atoms with Crippen LogP contribution in [0, 0.1) is 0 Å². The average Bonchev–Trinajstić information content (AvgIpc) is 2.44. The van der Waals surface area contributed by atoms with E-state index in [1.807, 2.05) is 4.98 Å². The summed E-state index contributed by atoms with van der Waals surface area (Å²) in [7, 11) is 0. The minimum atomic E-state index is -2.07. The van der Waals surface area contributed by atoms with E-state index in [2.05, 4.69) is 0 Å². The lowest BCUT2D eigenvalue weighted by Crippen LogP contribution is -2.42. The number of ether oxygens (including phenoxy) is 1. The van der Waals surface area contributed by atoms with Crippen molar-refractivity contribution in [3.63, 3.8) is 0 Å². The molecule has 1 fully saturated rings. The van der Waals surface area contributed by atoms with E-state index in [-0.39, 0.29) is 6.61 Å². The molecular formula is C9H11FN2O4. The fraction of sp³-hybridized carbons (Fsp3) is 0.556. The van der Waals surface area contributed by atoms with Crippen LogP contribution in [0.3, 0.4) is 0 Å². The van der Waals surface area contributed by atoms with Gasteiger partial charge in [0.25, 0.3) is 5.56 Å². The van der Waals surface area contributed by atoms with Gasteiger partial charge in [-0.3, -0.25) is 14.3 Å². The number of alkyl halides is 1. The van der Waals surface area contributed by atoms with Crippen molar-refractivity contribution in [2.75, 3.05) is 6.61 Å². The number of nitrogens with zero attached hydrogens (tertiary/aromatic N) is 1. The van der Waals surface area contributed by atoms with Crippen molar-refractivity contribution in [1.82, 2.24) is 9.55 Å². The molecule has 1 aromatic heterocycles. The van der Waals surface area contributed by atoms with E-state index in [9.17, 15) is 19.1 Å². The van der Waals surface area contributed by atoms with Crippen molar-refractivity contribution >= 4 is 0 Å². The van der Waals surface area contributed by atoms with Crippen molar-refractivity contribution in [3.8, 4) is 0 Å². The molecule has 16 heavy (non-hydrogen) atoms. The number of aromatic nitrogens is 2. The lowest BCUT2D eigenvalue weighted by molar-refractivity contribution is -0.0387. The lowest BCUT2D eigenvalue weighted by atomic mass is 10.0. The number of aliphatic hydroxyl groups excluding tert-OH is 1. The summed E-state index contributed by atoms with van der Waals surface area (Å²) in [5.74, 6) is 0. The molecule has 6 nitrogen and oxygen atoms in total. The van der Waals surface area contributed by atoms with Crippen LogP contribution in [0.5, 0.6) is 0 Å². The van der Waals surface area contributed by atoms with Crippen LogP contribution in [0.2, 0.25) is 0 Å². The number of halogens is 1. The third-order valence-corrected chi connectivity index (χ3v) is 2.65. The van der Waals surface area contributed by atoms with Gasteiger partial charge in [-0.15, -0.1) is 0 Å². The maximum Gasteiger partial charge on any atom is 0.330 e. The highest BCUT2D eigenvalue weighted by molar-refractivity contribution is 4.96. The molecule has 7 heteroatoms. The van der Waals surface area contributed by atoms with Gasteiger partial charge in [0.05, 0.1) is 6.61 Å². The summed E-state index contributed by atoms with van der Waals surface area (Å²) < 4.78 is 19.9. The second-order valence-corrected chi connectivity index (χ2v) is 3.87. The molecule has 0 spiro atoms. The van der Waals surface area contributed by atoms with Gasteiger partial charge in [-0.2, -0.15) is 0 Å². The standard InChI is InChI=1S/C9H11FN2O4/c1-9(10)5(13)4-16-7(9)12-3-2-6(14)11-8(12)15/h2-3,5,7,13H,4H2,1H3,(H,11,14,15). The first-order valence-electron chi connectivity index (χ1n) is 4.73. The predicted molar refractivity (Wildman–Crippen MR) is 51.8 cm³/mol. The molecule has 1 aliphatic rings. The summed E-state index contributed by atoms with van der Waals surface area (Å²) in [6.45, 7) is 0.954. The predicted octanol–water partition coefficient (Wildman–Crippen LogP) is -0.845. The quantitative estimate of drug-likeness (QED) is 0.658. The van der Waals surface area contributed by atoms with Crippen LogP contribution in [-0.4, -0.2) is 33.0 Å². The van der Waals surface area contributed by atoms with Gasteiger partial charge in [-0.25, -0.2) is 9.18 Å². The number of rotatable bonds is 1. The Bertz CT molecular complexity index is 507. The zero-order valence-corrected chi connectivity index (χ0v) is 8.51. The molecule has 2 heterocycles. The molecule has 1 aromatic rings. The fourth-order valence-electron chi connectivity index (χ4n) is 1.64. The topological polar surface area (TPSA) is 84.3 Å². The van der Waals surface area contributed by atoms with E-state index in [1.54, 1.807) is 0 Å². The van der Waals surface area contributed by atoms with E-state index < -0.39 is 29.2 Å². The van der Waals surface area contributed by atoms with Crippen molar-refractivity contribution in [2.24, 2.45) is 0 Å². The smallest absolute Gasteiger partial charge is 0.330 e. The van der Waals surface area contributed by atoms with Gasteiger partial charge < -0.3 is 9.84 Å². The van der Waals surface area contributed by atoms with Gasteiger partial charge in [-0.05, 0) is 6.92 Å². The first kappa shape index (κ1) is 11.0. The van der Waals surface area contributed by atoms with Crippen LogP contribution in [0.4, 0.5) is 4.39 Å². The highest BCUT2D eigenvalue weighted by atomic mass is 19.1. The molecule has 3 unspecified atom stereocenters. The van der Waals surface area contributed by atoms with Gasteiger partial charge in [0.2, 0.25) is 0 Å². The van der Waals surface area contributed by atoms with E-state index in [0.29, 0.717) is 0 Å². The Kier molecular flexibility index (Phi) is 2.43. The second-order valence-electron chi connectivity index (χ2n) is 3.87. The second kappa shape index (κ2) is 3.53. The third kappa shape index (κ3) is 1.57. The molecule has 2 rings (SSSR count). The van der Waals surface area contributed by atoms with E-state index in [1.165, 1.54) is 0 Å². The highest BCUT2D eigenvalue weighted by Gasteiger charge is 2.49. The minimum absolute atomic E-state index is 0.191. The van der Waals surface area contributed by atoms with Crippen molar-refractivity contribution in [3.05, 3.63) is 33.1 Å². The Morgan fingerprint density at radius 3 is 2.88 bits per heavy atom. The molecule has 3 atom stereocenters. The molecule has 0 aliphatic carbocycles. The molecule has 1 aliphatic heterocycles. The average molecular weight is 230 g/mol.